The Labute approximate surface area is 85.8 Å². The Balaban J connectivity index is 2.43. The molecular weight excluding hydrogens is 174 g/mol. The van der Waals surface area contributed by atoms with Gasteiger partial charge in [-0.25, -0.2) is 0 Å². The zero-order valence-electron chi connectivity index (χ0n) is 8.74. The van der Waals surface area contributed by atoms with Gasteiger partial charge in [0.2, 0.25) is 0 Å². The van der Waals surface area contributed by atoms with Crippen LogP contribution in [0.5, 0.6) is 5.75 Å². The Kier molecular flexibility index (Phi) is 4.47. The summed E-state index contributed by atoms with van der Waals surface area (Å²) in [6.07, 6.45) is 4.67. The van der Waals surface area contributed by atoms with E-state index in [2.05, 4.69) is 6.92 Å². The molecule has 3 N–H and O–H groups in total. The van der Waals surface area contributed by atoms with Gasteiger partial charge in [-0.1, -0.05) is 38.3 Å². The van der Waals surface area contributed by atoms with Crippen molar-refractivity contribution in [2.24, 2.45) is 5.73 Å². The average molecular weight is 193 g/mol. The zero-order valence-corrected chi connectivity index (χ0v) is 8.74. The van der Waals surface area contributed by atoms with E-state index in [1.54, 1.807) is 12.1 Å². The predicted molar refractivity (Wildman–Crippen MR) is 59.2 cm³/mol. The van der Waals surface area contributed by atoms with Gasteiger partial charge in [0.25, 0.3) is 0 Å². The summed E-state index contributed by atoms with van der Waals surface area (Å²) in [7, 11) is 0. The minimum atomic E-state index is 0.113. The van der Waals surface area contributed by atoms with Gasteiger partial charge in [0, 0.05) is 6.04 Å². The lowest BCUT2D eigenvalue weighted by Gasteiger charge is -2.11. The van der Waals surface area contributed by atoms with Crippen LogP contribution < -0.4 is 5.73 Å². The van der Waals surface area contributed by atoms with Crippen molar-refractivity contribution in [1.82, 2.24) is 0 Å². The summed E-state index contributed by atoms with van der Waals surface area (Å²) in [5, 5.41) is 9.11. The van der Waals surface area contributed by atoms with E-state index in [1.165, 1.54) is 19.3 Å². The van der Waals surface area contributed by atoms with Crippen molar-refractivity contribution < 1.29 is 5.11 Å². The molecule has 0 bridgehead atoms. The molecule has 0 aliphatic heterocycles. The van der Waals surface area contributed by atoms with Crippen LogP contribution in [0.2, 0.25) is 0 Å². The van der Waals surface area contributed by atoms with Crippen molar-refractivity contribution in [3.05, 3.63) is 29.8 Å². The topological polar surface area (TPSA) is 46.2 Å². The summed E-state index contributed by atoms with van der Waals surface area (Å²) < 4.78 is 0. The fourth-order valence-corrected chi connectivity index (χ4v) is 1.50. The van der Waals surface area contributed by atoms with E-state index in [-0.39, 0.29) is 6.04 Å². The quantitative estimate of drug-likeness (QED) is 0.706. The molecular formula is C12H19NO. The first kappa shape index (κ1) is 11.1. The molecule has 0 fully saturated rings. The molecule has 0 aliphatic rings. The van der Waals surface area contributed by atoms with E-state index < -0.39 is 0 Å². The third kappa shape index (κ3) is 3.38. The van der Waals surface area contributed by atoms with Gasteiger partial charge >= 0.3 is 0 Å². The highest BCUT2D eigenvalue weighted by molar-refractivity contribution is 5.27. The lowest BCUT2D eigenvalue weighted by molar-refractivity contribution is 0.474. The van der Waals surface area contributed by atoms with Crippen molar-refractivity contribution in [2.75, 3.05) is 0 Å². The Hall–Kier alpha value is -1.02. The van der Waals surface area contributed by atoms with E-state index in [9.17, 15) is 0 Å². The molecule has 1 atom stereocenters. The summed E-state index contributed by atoms with van der Waals surface area (Å²) in [5.74, 6) is 0.300. The highest BCUT2D eigenvalue weighted by Crippen LogP contribution is 2.19. The second kappa shape index (κ2) is 5.66. The van der Waals surface area contributed by atoms with Crippen molar-refractivity contribution >= 4 is 0 Å². The fourth-order valence-electron chi connectivity index (χ4n) is 1.50. The molecule has 2 heteroatoms. The highest BCUT2D eigenvalue weighted by Gasteiger charge is 2.04. The van der Waals surface area contributed by atoms with Gasteiger partial charge < -0.3 is 10.8 Å². The molecule has 0 heterocycles. The first-order valence-corrected chi connectivity index (χ1v) is 5.28. The molecule has 0 aromatic heterocycles. The number of nitrogens with two attached hydrogens (primary N) is 1. The van der Waals surface area contributed by atoms with Crippen molar-refractivity contribution in [3.8, 4) is 5.75 Å². The van der Waals surface area contributed by atoms with Gasteiger partial charge in [-0.3, -0.25) is 0 Å². The van der Waals surface area contributed by atoms with Crippen LogP contribution in [-0.2, 0) is 0 Å². The molecule has 0 saturated carbocycles. The van der Waals surface area contributed by atoms with E-state index >= 15 is 0 Å². The molecule has 0 radical (unpaired) electrons. The smallest absolute Gasteiger partial charge is 0.115 e. The van der Waals surface area contributed by atoms with Crippen LogP contribution in [0.15, 0.2) is 24.3 Å². The maximum atomic E-state index is 9.11. The Morgan fingerprint density at radius 1 is 1.21 bits per heavy atom. The number of benzene rings is 1. The van der Waals surface area contributed by atoms with E-state index in [4.69, 9.17) is 10.8 Å². The lowest BCUT2D eigenvalue weighted by atomic mass is 10.0. The van der Waals surface area contributed by atoms with Gasteiger partial charge in [-0.2, -0.15) is 0 Å². The summed E-state index contributed by atoms with van der Waals surface area (Å²) in [6.45, 7) is 2.19. The van der Waals surface area contributed by atoms with Gasteiger partial charge in [-0.15, -0.1) is 0 Å². The standard InChI is InChI=1S/C12H19NO/c1-2-3-4-5-12(13)10-6-8-11(14)9-7-10/h6-9,12,14H,2-5,13H2,1H3/t12-/m1/s1. The number of aromatic hydroxyl groups is 1. The monoisotopic (exact) mass is 193 g/mol. The van der Waals surface area contributed by atoms with Crippen LogP contribution in [0, 0.1) is 0 Å². The van der Waals surface area contributed by atoms with E-state index in [0.717, 1.165) is 12.0 Å². The normalized spacial score (nSPS) is 12.7. The largest absolute Gasteiger partial charge is 0.508 e. The van der Waals surface area contributed by atoms with Crippen molar-refractivity contribution in [3.63, 3.8) is 0 Å². The number of phenolic OH excluding ortho intramolecular Hbond substituents is 1. The second-order valence-electron chi connectivity index (χ2n) is 3.69. The Bertz CT molecular complexity index is 256. The maximum Gasteiger partial charge on any atom is 0.115 e. The number of phenols is 1. The third-order valence-electron chi connectivity index (χ3n) is 2.44. The Morgan fingerprint density at radius 2 is 1.86 bits per heavy atom. The lowest BCUT2D eigenvalue weighted by Crippen LogP contribution is -2.09. The zero-order chi connectivity index (χ0) is 10.4. The minimum Gasteiger partial charge on any atom is -0.508 e. The molecule has 0 saturated heterocycles. The number of rotatable bonds is 5. The summed E-state index contributed by atoms with van der Waals surface area (Å²) in [5.41, 5.74) is 7.11. The molecule has 1 rings (SSSR count). The van der Waals surface area contributed by atoms with Gasteiger partial charge in [0.05, 0.1) is 0 Å². The average Bonchev–Trinajstić information content (AvgIpc) is 2.19. The van der Waals surface area contributed by atoms with E-state index in [1.807, 2.05) is 12.1 Å². The first-order chi connectivity index (χ1) is 6.74. The number of hydrogen-bond acceptors (Lipinski definition) is 2. The molecule has 0 spiro atoms. The third-order valence-corrected chi connectivity index (χ3v) is 2.44. The number of unbranched alkanes of at least 4 members (excludes halogenated alkanes) is 2. The SMILES string of the molecule is CCCCC[C@@H](N)c1ccc(O)cc1. The van der Waals surface area contributed by atoms with Crippen LogP contribution in [-0.4, -0.2) is 5.11 Å². The molecule has 0 aliphatic carbocycles. The van der Waals surface area contributed by atoms with Gasteiger partial charge in [0.1, 0.15) is 5.75 Å². The molecule has 2 nitrogen and oxygen atoms in total. The molecule has 1 aromatic rings. The fraction of sp³-hybridized carbons (Fsp3) is 0.500. The molecule has 78 valence electrons. The van der Waals surface area contributed by atoms with Crippen LogP contribution in [0.4, 0.5) is 0 Å². The predicted octanol–water partition coefficient (Wildman–Crippen LogP) is 2.97. The summed E-state index contributed by atoms with van der Waals surface area (Å²) >= 11 is 0. The summed E-state index contributed by atoms with van der Waals surface area (Å²) in [4.78, 5) is 0. The van der Waals surface area contributed by atoms with Crippen LogP contribution in [0.1, 0.15) is 44.2 Å². The van der Waals surface area contributed by atoms with E-state index in [0.29, 0.717) is 5.75 Å². The maximum absolute atomic E-state index is 9.11. The first-order valence-electron chi connectivity index (χ1n) is 5.28. The molecule has 0 unspecified atom stereocenters. The Morgan fingerprint density at radius 3 is 2.43 bits per heavy atom. The van der Waals surface area contributed by atoms with Crippen LogP contribution >= 0.6 is 0 Å². The van der Waals surface area contributed by atoms with Gasteiger partial charge in [0.15, 0.2) is 0 Å². The molecule has 1 aromatic carbocycles. The van der Waals surface area contributed by atoms with Crippen molar-refractivity contribution in [2.45, 2.75) is 38.6 Å². The second-order valence-corrected chi connectivity index (χ2v) is 3.69. The summed E-state index contributed by atoms with van der Waals surface area (Å²) in [6, 6.07) is 7.28. The molecule has 0 amide bonds. The van der Waals surface area contributed by atoms with Crippen LogP contribution in [0.3, 0.4) is 0 Å². The minimum absolute atomic E-state index is 0.113. The van der Waals surface area contributed by atoms with Crippen molar-refractivity contribution in [1.29, 1.82) is 0 Å². The highest BCUT2D eigenvalue weighted by atomic mass is 16.3. The molecule has 14 heavy (non-hydrogen) atoms. The number of hydrogen-bond donors (Lipinski definition) is 2. The van der Waals surface area contributed by atoms with Crippen LogP contribution in [0.25, 0.3) is 0 Å². The van der Waals surface area contributed by atoms with Gasteiger partial charge in [-0.05, 0) is 24.1 Å².